The molecule has 1 atom stereocenters. The van der Waals surface area contributed by atoms with Gasteiger partial charge in [-0.25, -0.2) is 12.7 Å². The molecule has 0 saturated heterocycles. The number of carbonyl (C=O) groups is 1. The van der Waals surface area contributed by atoms with Crippen molar-refractivity contribution in [3.63, 3.8) is 0 Å². The van der Waals surface area contributed by atoms with Crippen molar-refractivity contribution in [2.45, 2.75) is 17.9 Å². The van der Waals surface area contributed by atoms with Crippen molar-refractivity contribution in [3.8, 4) is 17.6 Å². The number of carbonyl (C=O) groups excluding carboxylic acids is 1. The molecule has 0 aliphatic carbocycles. The lowest BCUT2D eigenvalue weighted by Gasteiger charge is -2.18. The Labute approximate surface area is 164 Å². The quantitative estimate of drug-likeness (QED) is 0.759. The lowest BCUT2D eigenvalue weighted by Crippen LogP contribution is -2.30. The first-order valence-corrected chi connectivity index (χ1v) is 9.71. The monoisotopic (exact) mass is 403 g/mol. The third kappa shape index (κ3) is 4.79. The minimum atomic E-state index is -3.67. The van der Waals surface area contributed by atoms with E-state index in [1.54, 1.807) is 31.2 Å². The number of rotatable bonds is 7. The number of anilines is 1. The van der Waals surface area contributed by atoms with Crippen LogP contribution in [0.2, 0.25) is 0 Å². The van der Waals surface area contributed by atoms with Crippen molar-refractivity contribution >= 4 is 21.6 Å². The minimum Gasteiger partial charge on any atom is -0.495 e. The third-order valence-corrected chi connectivity index (χ3v) is 5.68. The van der Waals surface area contributed by atoms with Crippen LogP contribution >= 0.6 is 0 Å². The highest BCUT2D eigenvalue weighted by atomic mass is 32.2. The highest BCUT2D eigenvalue weighted by Gasteiger charge is 2.21. The van der Waals surface area contributed by atoms with Crippen molar-refractivity contribution in [2.75, 3.05) is 26.5 Å². The van der Waals surface area contributed by atoms with Gasteiger partial charge in [0, 0.05) is 14.1 Å². The molecule has 0 fully saturated rings. The summed E-state index contributed by atoms with van der Waals surface area (Å²) in [5.41, 5.74) is 0.693. The second-order valence-corrected chi connectivity index (χ2v) is 8.19. The predicted molar refractivity (Wildman–Crippen MR) is 104 cm³/mol. The number of amides is 1. The second kappa shape index (κ2) is 8.73. The molecule has 0 saturated carbocycles. The van der Waals surface area contributed by atoms with Crippen LogP contribution in [0, 0.1) is 11.3 Å². The number of ether oxygens (including phenoxy) is 2. The Kier molecular flexibility index (Phi) is 6.62. The molecule has 9 heteroatoms. The maximum absolute atomic E-state index is 12.5. The minimum absolute atomic E-state index is 0.0225. The van der Waals surface area contributed by atoms with Gasteiger partial charge in [0.15, 0.2) is 6.10 Å². The first-order chi connectivity index (χ1) is 13.2. The van der Waals surface area contributed by atoms with Gasteiger partial charge < -0.3 is 14.8 Å². The second-order valence-electron chi connectivity index (χ2n) is 6.04. The first-order valence-electron chi connectivity index (χ1n) is 8.27. The lowest BCUT2D eigenvalue weighted by atomic mass is 10.2. The first kappa shape index (κ1) is 21.2. The summed E-state index contributed by atoms with van der Waals surface area (Å²) in [4.78, 5) is 12.5. The van der Waals surface area contributed by atoms with E-state index >= 15 is 0 Å². The van der Waals surface area contributed by atoms with Crippen molar-refractivity contribution in [1.82, 2.24) is 4.31 Å². The van der Waals surface area contributed by atoms with Gasteiger partial charge >= 0.3 is 0 Å². The average Bonchev–Trinajstić information content (AvgIpc) is 2.68. The molecule has 2 aromatic rings. The number of nitrogens with zero attached hydrogens (tertiary/aromatic N) is 2. The maximum Gasteiger partial charge on any atom is 0.265 e. The fourth-order valence-corrected chi connectivity index (χ4v) is 3.18. The summed E-state index contributed by atoms with van der Waals surface area (Å²) < 4.78 is 36.5. The molecule has 2 aromatic carbocycles. The van der Waals surface area contributed by atoms with Crippen LogP contribution in [0.15, 0.2) is 47.4 Å². The Balaban J connectivity index is 2.20. The van der Waals surface area contributed by atoms with Crippen LogP contribution in [0.5, 0.6) is 11.5 Å². The molecule has 0 spiro atoms. The number of nitriles is 1. The molecule has 0 bridgehead atoms. The van der Waals surface area contributed by atoms with E-state index in [0.29, 0.717) is 17.1 Å². The van der Waals surface area contributed by atoms with E-state index in [-0.39, 0.29) is 10.6 Å². The van der Waals surface area contributed by atoms with Crippen LogP contribution < -0.4 is 14.8 Å². The SMILES string of the molecule is COc1ccc(S(=O)(=O)N(C)C)cc1NC(=O)C(C)Oc1ccc(C#N)cc1. The lowest BCUT2D eigenvalue weighted by molar-refractivity contribution is -0.122. The molecule has 8 nitrogen and oxygen atoms in total. The van der Waals surface area contributed by atoms with Crippen molar-refractivity contribution in [3.05, 3.63) is 48.0 Å². The summed E-state index contributed by atoms with van der Waals surface area (Å²) in [6.07, 6.45) is -0.869. The molecular weight excluding hydrogens is 382 g/mol. The smallest absolute Gasteiger partial charge is 0.265 e. The van der Waals surface area contributed by atoms with Gasteiger partial charge in [0.1, 0.15) is 11.5 Å². The van der Waals surface area contributed by atoms with Gasteiger partial charge in [-0.2, -0.15) is 5.26 Å². The van der Waals surface area contributed by atoms with Gasteiger partial charge in [-0.1, -0.05) is 0 Å². The molecule has 1 amide bonds. The van der Waals surface area contributed by atoms with Crippen molar-refractivity contribution < 1.29 is 22.7 Å². The zero-order valence-electron chi connectivity index (χ0n) is 16.0. The summed E-state index contributed by atoms with van der Waals surface area (Å²) in [7, 11) is 0.596. The average molecular weight is 403 g/mol. The molecule has 0 aromatic heterocycles. The van der Waals surface area contributed by atoms with Gasteiger partial charge in [-0.15, -0.1) is 0 Å². The molecule has 1 N–H and O–H groups in total. The van der Waals surface area contributed by atoms with Gasteiger partial charge in [-0.3, -0.25) is 4.79 Å². The molecular formula is C19H21N3O5S. The summed E-state index contributed by atoms with van der Waals surface area (Å²) in [6, 6.07) is 12.6. The summed E-state index contributed by atoms with van der Waals surface area (Å²) in [5.74, 6) is 0.260. The zero-order chi connectivity index (χ0) is 20.9. The van der Waals surface area contributed by atoms with Crippen LogP contribution in [0.3, 0.4) is 0 Å². The number of benzene rings is 2. The summed E-state index contributed by atoms with van der Waals surface area (Å²) in [5, 5.41) is 11.4. The highest BCUT2D eigenvalue weighted by Crippen LogP contribution is 2.28. The van der Waals surface area contributed by atoms with E-state index < -0.39 is 22.0 Å². The Morgan fingerprint density at radius 3 is 2.36 bits per heavy atom. The molecule has 0 radical (unpaired) electrons. The fraction of sp³-hybridized carbons (Fsp3) is 0.263. The number of sulfonamides is 1. The van der Waals surface area contributed by atoms with Crippen molar-refractivity contribution in [1.29, 1.82) is 5.26 Å². The molecule has 0 heterocycles. The van der Waals surface area contributed by atoms with E-state index in [1.807, 2.05) is 6.07 Å². The van der Waals surface area contributed by atoms with E-state index in [2.05, 4.69) is 5.32 Å². The third-order valence-electron chi connectivity index (χ3n) is 3.87. The Morgan fingerprint density at radius 1 is 1.18 bits per heavy atom. The topological polar surface area (TPSA) is 109 Å². The molecule has 0 aliphatic rings. The van der Waals surface area contributed by atoms with E-state index in [1.165, 1.54) is 39.4 Å². The number of methoxy groups -OCH3 is 1. The number of nitrogens with one attached hydrogen (secondary N) is 1. The molecule has 2 rings (SSSR count). The highest BCUT2D eigenvalue weighted by molar-refractivity contribution is 7.89. The summed E-state index contributed by atoms with van der Waals surface area (Å²) in [6.45, 7) is 1.56. The van der Waals surface area contributed by atoms with E-state index in [9.17, 15) is 13.2 Å². The van der Waals surface area contributed by atoms with Gasteiger partial charge in [-0.05, 0) is 49.4 Å². The Bertz CT molecular complexity index is 995. The van der Waals surface area contributed by atoms with Gasteiger partial charge in [0.05, 0.1) is 29.3 Å². The van der Waals surface area contributed by atoms with E-state index in [4.69, 9.17) is 14.7 Å². The van der Waals surface area contributed by atoms with Crippen LogP contribution in [-0.2, 0) is 14.8 Å². The zero-order valence-corrected chi connectivity index (χ0v) is 16.8. The van der Waals surface area contributed by atoms with Crippen LogP contribution in [0.25, 0.3) is 0 Å². The normalized spacial score (nSPS) is 12.1. The Hall–Kier alpha value is -3.09. The number of hydrogen-bond acceptors (Lipinski definition) is 6. The predicted octanol–water partition coefficient (Wildman–Crippen LogP) is 2.22. The van der Waals surface area contributed by atoms with Gasteiger partial charge in [0.25, 0.3) is 5.91 Å². The standard InChI is InChI=1S/C19H21N3O5S/c1-13(27-15-7-5-14(12-20)6-8-15)19(23)21-17-11-16(9-10-18(17)26-4)28(24,25)22(2)3/h5-11,13H,1-4H3,(H,21,23). The molecule has 0 aliphatic heterocycles. The van der Waals surface area contributed by atoms with Crippen LogP contribution in [0.4, 0.5) is 5.69 Å². The van der Waals surface area contributed by atoms with E-state index in [0.717, 1.165) is 4.31 Å². The molecule has 28 heavy (non-hydrogen) atoms. The Morgan fingerprint density at radius 2 is 1.82 bits per heavy atom. The van der Waals surface area contributed by atoms with Crippen LogP contribution in [0.1, 0.15) is 12.5 Å². The fourth-order valence-electron chi connectivity index (χ4n) is 2.26. The number of hydrogen-bond donors (Lipinski definition) is 1. The maximum atomic E-state index is 12.5. The molecule has 148 valence electrons. The summed E-state index contributed by atoms with van der Waals surface area (Å²) >= 11 is 0. The largest absolute Gasteiger partial charge is 0.495 e. The molecule has 1 unspecified atom stereocenters. The van der Waals surface area contributed by atoms with Crippen LogP contribution in [-0.4, -0.2) is 45.9 Å². The van der Waals surface area contributed by atoms with Gasteiger partial charge in [0.2, 0.25) is 10.0 Å². The van der Waals surface area contributed by atoms with Crippen molar-refractivity contribution in [2.24, 2.45) is 0 Å².